The SMILES string of the molecule is Nc1cccc(C(=O)N2CCC(OCCO)CC2)c1Cl. The van der Waals surface area contributed by atoms with Crippen molar-refractivity contribution in [2.45, 2.75) is 18.9 Å². The molecule has 1 saturated heterocycles. The van der Waals surface area contributed by atoms with E-state index in [1.807, 2.05) is 0 Å². The number of rotatable bonds is 4. The van der Waals surface area contributed by atoms with Gasteiger partial charge in [0, 0.05) is 13.1 Å². The maximum atomic E-state index is 12.4. The predicted molar refractivity (Wildman–Crippen MR) is 77.8 cm³/mol. The lowest BCUT2D eigenvalue weighted by atomic mass is 10.1. The summed E-state index contributed by atoms with van der Waals surface area (Å²) in [5.41, 5.74) is 6.58. The van der Waals surface area contributed by atoms with Gasteiger partial charge in [-0.2, -0.15) is 0 Å². The molecule has 6 heteroatoms. The van der Waals surface area contributed by atoms with Crippen LogP contribution < -0.4 is 5.73 Å². The monoisotopic (exact) mass is 298 g/mol. The molecule has 1 aromatic rings. The lowest BCUT2D eigenvalue weighted by Crippen LogP contribution is -2.41. The third-order valence-corrected chi connectivity index (χ3v) is 3.85. The number of hydrogen-bond donors (Lipinski definition) is 2. The van der Waals surface area contributed by atoms with Crippen LogP contribution in [0.3, 0.4) is 0 Å². The van der Waals surface area contributed by atoms with Crippen LogP contribution in [0.5, 0.6) is 0 Å². The molecule has 1 aliphatic heterocycles. The summed E-state index contributed by atoms with van der Waals surface area (Å²) in [6.45, 7) is 1.62. The Morgan fingerprint density at radius 3 is 2.80 bits per heavy atom. The molecule has 0 saturated carbocycles. The molecule has 5 nitrogen and oxygen atoms in total. The van der Waals surface area contributed by atoms with Crippen LogP contribution in [0.2, 0.25) is 5.02 Å². The van der Waals surface area contributed by atoms with Crippen LogP contribution in [0.15, 0.2) is 18.2 Å². The highest BCUT2D eigenvalue weighted by atomic mass is 35.5. The first-order chi connectivity index (χ1) is 9.63. The van der Waals surface area contributed by atoms with E-state index in [1.165, 1.54) is 0 Å². The lowest BCUT2D eigenvalue weighted by molar-refractivity contribution is -0.00553. The maximum absolute atomic E-state index is 12.4. The van der Waals surface area contributed by atoms with E-state index in [0.717, 1.165) is 12.8 Å². The van der Waals surface area contributed by atoms with Crippen molar-refractivity contribution in [1.82, 2.24) is 4.90 Å². The lowest BCUT2D eigenvalue weighted by Gasteiger charge is -2.32. The fourth-order valence-corrected chi connectivity index (χ4v) is 2.54. The first-order valence-corrected chi connectivity index (χ1v) is 7.07. The van der Waals surface area contributed by atoms with E-state index in [0.29, 0.717) is 36.0 Å². The summed E-state index contributed by atoms with van der Waals surface area (Å²) in [4.78, 5) is 14.2. The Hall–Kier alpha value is -1.30. The number of anilines is 1. The number of benzene rings is 1. The second-order valence-corrected chi connectivity index (χ2v) is 5.17. The van der Waals surface area contributed by atoms with Crippen LogP contribution in [-0.4, -0.2) is 48.3 Å². The molecule has 3 N–H and O–H groups in total. The van der Waals surface area contributed by atoms with Crippen LogP contribution in [0.25, 0.3) is 0 Å². The van der Waals surface area contributed by atoms with Crippen molar-refractivity contribution in [1.29, 1.82) is 0 Å². The molecule has 0 radical (unpaired) electrons. The number of likely N-dealkylation sites (tertiary alicyclic amines) is 1. The molecule has 1 fully saturated rings. The quantitative estimate of drug-likeness (QED) is 0.827. The zero-order valence-electron chi connectivity index (χ0n) is 11.2. The number of nitrogen functional groups attached to an aromatic ring is 1. The van der Waals surface area contributed by atoms with E-state index < -0.39 is 0 Å². The third-order valence-electron chi connectivity index (χ3n) is 3.43. The minimum absolute atomic E-state index is 0.0258. The summed E-state index contributed by atoms with van der Waals surface area (Å²) in [5.74, 6) is -0.0945. The molecule has 1 amide bonds. The number of aliphatic hydroxyl groups is 1. The van der Waals surface area contributed by atoms with Crippen molar-refractivity contribution in [3.63, 3.8) is 0 Å². The zero-order chi connectivity index (χ0) is 14.5. The van der Waals surface area contributed by atoms with Crippen LogP contribution in [0.1, 0.15) is 23.2 Å². The minimum atomic E-state index is -0.0945. The highest BCUT2D eigenvalue weighted by Gasteiger charge is 2.25. The Morgan fingerprint density at radius 1 is 1.45 bits per heavy atom. The molecule has 1 aromatic carbocycles. The van der Waals surface area contributed by atoms with Gasteiger partial charge in [0.25, 0.3) is 5.91 Å². The van der Waals surface area contributed by atoms with E-state index >= 15 is 0 Å². The van der Waals surface area contributed by atoms with Gasteiger partial charge in [0.05, 0.1) is 35.6 Å². The smallest absolute Gasteiger partial charge is 0.255 e. The van der Waals surface area contributed by atoms with Crippen molar-refractivity contribution in [3.8, 4) is 0 Å². The number of ether oxygens (including phenoxy) is 1. The van der Waals surface area contributed by atoms with E-state index in [4.69, 9.17) is 27.2 Å². The Bertz CT molecular complexity index is 473. The average molecular weight is 299 g/mol. The standard InChI is InChI=1S/C14H19ClN2O3/c15-13-11(2-1-3-12(13)16)14(19)17-6-4-10(5-7-17)20-9-8-18/h1-3,10,18H,4-9,16H2. The molecule has 1 aliphatic rings. The third kappa shape index (κ3) is 3.42. The fourth-order valence-electron chi connectivity index (χ4n) is 2.33. The molecule has 1 heterocycles. The van der Waals surface area contributed by atoms with Gasteiger partial charge in [0.2, 0.25) is 0 Å². The first-order valence-electron chi connectivity index (χ1n) is 6.69. The van der Waals surface area contributed by atoms with E-state index in [1.54, 1.807) is 23.1 Å². The number of carbonyl (C=O) groups excluding carboxylic acids is 1. The molecule has 0 aliphatic carbocycles. The number of amides is 1. The Balaban J connectivity index is 1.96. The van der Waals surface area contributed by atoms with Crippen molar-refractivity contribution >= 4 is 23.2 Å². The van der Waals surface area contributed by atoms with Gasteiger partial charge < -0.3 is 20.5 Å². The van der Waals surface area contributed by atoms with Crippen molar-refractivity contribution in [3.05, 3.63) is 28.8 Å². The van der Waals surface area contributed by atoms with Gasteiger partial charge in [-0.1, -0.05) is 17.7 Å². The molecular weight excluding hydrogens is 280 g/mol. The molecule has 2 rings (SSSR count). The summed E-state index contributed by atoms with van der Waals surface area (Å²) < 4.78 is 5.47. The van der Waals surface area contributed by atoms with Crippen molar-refractivity contribution < 1.29 is 14.6 Å². The second kappa shape index (κ2) is 6.92. The number of nitrogens with two attached hydrogens (primary N) is 1. The number of aliphatic hydroxyl groups excluding tert-OH is 1. The van der Waals surface area contributed by atoms with E-state index in [9.17, 15) is 4.79 Å². The summed E-state index contributed by atoms with van der Waals surface area (Å²) in [7, 11) is 0. The number of carbonyl (C=O) groups is 1. The van der Waals surface area contributed by atoms with Crippen LogP contribution >= 0.6 is 11.6 Å². The molecule has 0 atom stereocenters. The first kappa shape index (κ1) is 15.1. The number of hydrogen-bond acceptors (Lipinski definition) is 4. The Labute approximate surface area is 123 Å². The molecule has 0 aromatic heterocycles. The van der Waals surface area contributed by atoms with Crippen LogP contribution in [0.4, 0.5) is 5.69 Å². The summed E-state index contributed by atoms with van der Waals surface area (Å²) in [6, 6.07) is 5.09. The van der Waals surface area contributed by atoms with Gasteiger partial charge in [-0.05, 0) is 25.0 Å². The van der Waals surface area contributed by atoms with E-state index in [2.05, 4.69) is 0 Å². The largest absolute Gasteiger partial charge is 0.398 e. The number of halogens is 1. The van der Waals surface area contributed by atoms with Gasteiger partial charge >= 0.3 is 0 Å². The van der Waals surface area contributed by atoms with Gasteiger partial charge in [0.15, 0.2) is 0 Å². The van der Waals surface area contributed by atoms with Gasteiger partial charge in [-0.25, -0.2) is 0 Å². The molecule has 0 bridgehead atoms. The second-order valence-electron chi connectivity index (χ2n) is 4.79. The van der Waals surface area contributed by atoms with Gasteiger partial charge in [-0.3, -0.25) is 4.79 Å². The van der Waals surface area contributed by atoms with Gasteiger partial charge in [-0.15, -0.1) is 0 Å². The highest BCUT2D eigenvalue weighted by molar-refractivity contribution is 6.36. The topological polar surface area (TPSA) is 75.8 Å². The normalized spacial score (nSPS) is 16.4. The minimum Gasteiger partial charge on any atom is -0.398 e. The van der Waals surface area contributed by atoms with Crippen molar-refractivity contribution in [2.75, 3.05) is 32.0 Å². The number of nitrogens with zero attached hydrogens (tertiary/aromatic N) is 1. The zero-order valence-corrected chi connectivity index (χ0v) is 12.0. The Kier molecular flexibility index (Phi) is 5.23. The van der Waals surface area contributed by atoms with E-state index in [-0.39, 0.29) is 18.6 Å². The summed E-state index contributed by atoms with van der Waals surface area (Å²) >= 11 is 6.08. The fraction of sp³-hybridized carbons (Fsp3) is 0.500. The average Bonchev–Trinajstić information content (AvgIpc) is 2.48. The highest BCUT2D eigenvalue weighted by Crippen LogP contribution is 2.25. The predicted octanol–water partition coefficient (Wildman–Crippen LogP) is 1.54. The molecule has 20 heavy (non-hydrogen) atoms. The summed E-state index contributed by atoms with van der Waals surface area (Å²) in [5, 5.41) is 9.04. The van der Waals surface area contributed by atoms with Crippen LogP contribution in [0, 0.1) is 0 Å². The Morgan fingerprint density at radius 2 is 2.15 bits per heavy atom. The van der Waals surface area contributed by atoms with Crippen molar-refractivity contribution in [2.24, 2.45) is 0 Å². The molecular formula is C14H19ClN2O3. The molecule has 110 valence electrons. The van der Waals surface area contributed by atoms with Gasteiger partial charge in [0.1, 0.15) is 0 Å². The number of piperidine rings is 1. The molecule has 0 spiro atoms. The summed E-state index contributed by atoms with van der Waals surface area (Å²) in [6.07, 6.45) is 1.65. The molecule has 0 unspecified atom stereocenters. The van der Waals surface area contributed by atoms with Crippen LogP contribution in [-0.2, 0) is 4.74 Å². The maximum Gasteiger partial charge on any atom is 0.255 e.